The second-order valence-electron chi connectivity index (χ2n) is 4.81. The highest BCUT2D eigenvalue weighted by Crippen LogP contribution is 2.33. The average molecular weight is 407 g/mol. The fourth-order valence-corrected chi connectivity index (χ4v) is 3.05. The van der Waals surface area contributed by atoms with E-state index in [1.54, 1.807) is 18.7 Å². The fourth-order valence-electron chi connectivity index (χ4n) is 2.29. The van der Waals surface area contributed by atoms with Gasteiger partial charge in [-0.15, -0.1) is 0 Å². The predicted octanol–water partition coefficient (Wildman–Crippen LogP) is 3.94. The number of aryl methyl sites for hydroxylation is 1. The van der Waals surface area contributed by atoms with Crippen molar-refractivity contribution >= 4 is 33.5 Å². The Hall–Kier alpha value is -2.02. The predicted molar refractivity (Wildman–Crippen MR) is 95.0 cm³/mol. The van der Waals surface area contributed by atoms with Gasteiger partial charge in [-0.2, -0.15) is 0 Å². The van der Waals surface area contributed by atoms with Crippen molar-refractivity contribution in [3.63, 3.8) is 0 Å². The summed E-state index contributed by atoms with van der Waals surface area (Å²) in [5, 5.41) is 0.871. The second kappa shape index (κ2) is 6.00. The first-order valence-electron chi connectivity index (χ1n) is 6.71. The second-order valence-corrected chi connectivity index (χ2v) is 5.88. The van der Waals surface area contributed by atoms with E-state index >= 15 is 0 Å². The zero-order valence-electron chi connectivity index (χ0n) is 12.2. The fraction of sp³-hybridized carbons (Fsp3) is 0.118. The Bertz CT molecular complexity index is 888. The zero-order valence-corrected chi connectivity index (χ0v) is 14.3. The number of ether oxygens (including phenoxy) is 2. The Morgan fingerprint density at radius 2 is 1.77 bits per heavy atom. The standard InChI is InChI=1S/C17H14INO3/c1-19-14-10-12(21-2)8-9-13(14)16(15(18)17(19)20)22-11-6-4-3-5-7-11/h3-10H,1-2H3. The lowest BCUT2D eigenvalue weighted by molar-refractivity contribution is 0.415. The van der Waals surface area contributed by atoms with E-state index in [1.165, 1.54) is 0 Å². The molecule has 1 heterocycles. The van der Waals surface area contributed by atoms with Gasteiger partial charge in [-0.1, -0.05) is 18.2 Å². The van der Waals surface area contributed by atoms with Gasteiger partial charge in [0, 0.05) is 18.5 Å². The smallest absolute Gasteiger partial charge is 0.268 e. The van der Waals surface area contributed by atoms with Crippen LogP contribution in [0.1, 0.15) is 0 Å². The van der Waals surface area contributed by atoms with Crippen LogP contribution in [0.4, 0.5) is 0 Å². The lowest BCUT2D eigenvalue weighted by atomic mass is 10.2. The van der Waals surface area contributed by atoms with Crippen LogP contribution in [0, 0.1) is 3.57 Å². The molecule has 0 N–H and O–H groups in total. The number of para-hydroxylation sites is 1. The minimum atomic E-state index is -0.0905. The van der Waals surface area contributed by atoms with Gasteiger partial charge in [-0.25, -0.2) is 0 Å². The SMILES string of the molecule is COc1ccc2c(Oc3ccccc3)c(I)c(=O)n(C)c2c1. The number of nitrogens with zero attached hydrogens (tertiary/aromatic N) is 1. The monoisotopic (exact) mass is 407 g/mol. The van der Waals surface area contributed by atoms with Gasteiger partial charge < -0.3 is 14.0 Å². The third-order valence-electron chi connectivity index (χ3n) is 3.47. The minimum absolute atomic E-state index is 0.0905. The van der Waals surface area contributed by atoms with Crippen LogP contribution in [-0.4, -0.2) is 11.7 Å². The maximum atomic E-state index is 12.4. The van der Waals surface area contributed by atoms with E-state index in [-0.39, 0.29) is 5.56 Å². The molecule has 1 aromatic heterocycles. The van der Waals surface area contributed by atoms with Crippen molar-refractivity contribution in [1.82, 2.24) is 4.57 Å². The first-order chi connectivity index (χ1) is 10.6. The molecule has 0 amide bonds. The third kappa shape index (κ3) is 2.56. The van der Waals surface area contributed by atoms with Crippen molar-refractivity contribution in [3.8, 4) is 17.2 Å². The van der Waals surface area contributed by atoms with Crippen LogP contribution in [0.5, 0.6) is 17.2 Å². The molecular weight excluding hydrogens is 393 g/mol. The molecule has 5 heteroatoms. The Kier molecular flexibility index (Phi) is 4.06. The van der Waals surface area contributed by atoms with E-state index in [9.17, 15) is 4.79 Å². The lowest BCUT2D eigenvalue weighted by Gasteiger charge is -2.14. The van der Waals surface area contributed by atoms with Gasteiger partial charge in [-0.05, 0) is 46.9 Å². The number of benzene rings is 2. The Labute approximate surface area is 141 Å². The number of rotatable bonds is 3. The minimum Gasteiger partial charge on any atom is -0.497 e. The quantitative estimate of drug-likeness (QED) is 0.618. The molecule has 0 aliphatic heterocycles. The molecule has 0 fully saturated rings. The van der Waals surface area contributed by atoms with Gasteiger partial charge in [0.15, 0.2) is 5.75 Å². The van der Waals surface area contributed by atoms with Crippen molar-refractivity contribution in [1.29, 1.82) is 0 Å². The van der Waals surface area contributed by atoms with E-state index in [2.05, 4.69) is 0 Å². The van der Waals surface area contributed by atoms with Crippen LogP contribution in [0.2, 0.25) is 0 Å². The van der Waals surface area contributed by atoms with Gasteiger partial charge in [0.25, 0.3) is 5.56 Å². The molecule has 22 heavy (non-hydrogen) atoms. The highest BCUT2D eigenvalue weighted by atomic mass is 127. The first kappa shape index (κ1) is 14.9. The van der Waals surface area contributed by atoms with Crippen molar-refractivity contribution in [3.05, 3.63) is 62.5 Å². The number of pyridine rings is 1. The molecule has 0 saturated heterocycles. The molecule has 3 aromatic rings. The summed E-state index contributed by atoms with van der Waals surface area (Å²) in [5.41, 5.74) is 0.683. The van der Waals surface area contributed by atoms with Gasteiger partial charge in [0.1, 0.15) is 15.1 Å². The zero-order chi connectivity index (χ0) is 15.7. The number of methoxy groups -OCH3 is 1. The Morgan fingerprint density at radius 1 is 1.05 bits per heavy atom. The molecule has 4 nitrogen and oxygen atoms in total. The summed E-state index contributed by atoms with van der Waals surface area (Å²) in [5.74, 6) is 1.98. The molecule has 0 radical (unpaired) electrons. The van der Waals surface area contributed by atoms with Gasteiger partial charge in [0.2, 0.25) is 0 Å². The molecule has 0 aliphatic carbocycles. The van der Waals surface area contributed by atoms with Crippen LogP contribution >= 0.6 is 22.6 Å². The molecule has 0 saturated carbocycles. The molecule has 0 atom stereocenters. The lowest BCUT2D eigenvalue weighted by Crippen LogP contribution is -2.20. The molecule has 0 unspecified atom stereocenters. The van der Waals surface area contributed by atoms with Crippen LogP contribution < -0.4 is 15.0 Å². The number of aromatic nitrogens is 1. The first-order valence-corrected chi connectivity index (χ1v) is 7.79. The van der Waals surface area contributed by atoms with Crippen LogP contribution in [0.3, 0.4) is 0 Å². The highest BCUT2D eigenvalue weighted by Gasteiger charge is 2.16. The molecule has 3 rings (SSSR count). The van der Waals surface area contributed by atoms with E-state index in [0.29, 0.717) is 20.8 Å². The van der Waals surface area contributed by atoms with Gasteiger partial charge in [0.05, 0.1) is 12.6 Å². The highest BCUT2D eigenvalue weighted by molar-refractivity contribution is 14.1. The maximum absolute atomic E-state index is 12.4. The summed E-state index contributed by atoms with van der Waals surface area (Å²) in [6, 6.07) is 15.1. The van der Waals surface area contributed by atoms with E-state index in [0.717, 1.165) is 10.9 Å². The average Bonchev–Trinajstić information content (AvgIpc) is 2.57. The molecule has 0 bridgehead atoms. The number of hydrogen-bond donors (Lipinski definition) is 0. The van der Waals surface area contributed by atoms with E-state index < -0.39 is 0 Å². The van der Waals surface area contributed by atoms with Crippen LogP contribution in [0.25, 0.3) is 10.9 Å². The topological polar surface area (TPSA) is 40.5 Å². The maximum Gasteiger partial charge on any atom is 0.268 e. The summed E-state index contributed by atoms with van der Waals surface area (Å²) in [7, 11) is 3.35. The molecule has 2 aromatic carbocycles. The van der Waals surface area contributed by atoms with E-state index in [4.69, 9.17) is 9.47 Å². The largest absolute Gasteiger partial charge is 0.497 e. The Morgan fingerprint density at radius 3 is 2.45 bits per heavy atom. The number of hydrogen-bond acceptors (Lipinski definition) is 3. The third-order valence-corrected chi connectivity index (χ3v) is 4.42. The molecular formula is C17H14INO3. The van der Waals surface area contributed by atoms with Gasteiger partial charge in [-0.3, -0.25) is 4.79 Å². The molecule has 0 aliphatic rings. The van der Waals surface area contributed by atoms with Crippen LogP contribution in [-0.2, 0) is 7.05 Å². The van der Waals surface area contributed by atoms with Crippen LogP contribution in [0.15, 0.2) is 53.3 Å². The molecule has 112 valence electrons. The van der Waals surface area contributed by atoms with Gasteiger partial charge >= 0.3 is 0 Å². The van der Waals surface area contributed by atoms with Crippen molar-refractivity contribution in [2.45, 2.75) is 0 Å². The Balaban J connectivity index is 2.27. The summed E-state index contributed by atoms with van der Waals surface area (Å²) in [6.07, 6.45) is 0. The van der Waals surface area contributed by atoms with Crippen molar-refractivity contribution in [2.24, 2.45) is 7.05 Å². The normalized spacial score (nSPS) is 10.7. The number of fused-ring (bicyclic) bond motifs is 1. The molecule has 0 spiro atoms. The summed E-state index contributed by atoms with van der Waals surface area (Å²) in [6.45, 7) is 0. The summed E-state index contributed by atoms with van der Waals surface area (Å²) >= 11 is 2.03. The van der Waals surface area contributed by atoms with Crippen molar-refractivity contribution in [2.75, 3.05) is 7.11 Å². The van der Waals surface area contributed by atoms with E-state index in [1.807, 2.05) is 71.1 Å². The summed E-state index contributed by atoms with van der Waals surface area (Å²) in [4.78, 5) is 12.4. The van der Waals surface area contributed by atoms with Crippen molar-refractivity contribution < 1.29 is 9.47 Å². The summed E-state index contributed by atoms with van der Waals surface area (Å²) < 4.78 is 13.4. The number of halogens is 1.